The lowest BCUT2D eigenvalue weighted by Crippen LogP contribution is -2.11. The first-order valence-corrected chi connectivity index (χ1v) is 10.5. The van der Waals surface area contributed by atoms with E-state index in [2.05, 4.69) is 48.2 Å². The quantitative estimate of drug-likeness (QED) is 0.569. The topological polar surface area (TPSA) is 68.0 Å². The van der Waals surface area contributed by atoms with Crippen LogP contribution in [-0.4, -0.2) is 15.9 Å². The minimum atomic E-state index is -0.0340. The summed E-state index contributed by atoms with van der Waals surface area (Å²) < 4.78 is 5.83. The van der Waals surface area contributed by atoms with Crippen LogP contribution < -0.4 is 5.32 Å². The van der Waals surface area contributed by atoms with E-state index < -0.39 is 0 Å². The molecule has 0 spiro atoms. The Bertz CT molecular complexity index is 894. The van der Waals surface area contributed by atoms with Crippen molar-refractivity contribution in [2.24, 2.45) is 0 Å². The molecule has 0 aliphatic carbocycles. The van der Waals surface area contributed by atoms with E-state index in [-0.39, 0.29) is 11.3 Å². The van der Waals surface area contributed by atoms with Crippen LogP contribution in [0.4, 0.5) is 5.13 Å². The van der Waals surface area contributed by atoms with Crippen LogP contribution in [-0.2, 0) is 29.5 Å². The molecule has 0 unspecified atom stereocenters. The number of anilines is 1. The third-order valence-electron chi connectivity index (χ3n) is 4.39. The standard InChI is InChI=1S/C22H27N3O2S/c1-22(2,3)18-15-23-20(27-18)13-12-17-14-24-21(28-17)25-19(26)11-7-10-16-8-5-4-6-9-16/h4-6,8-9,14-15H,7,10-13H2,1-3H3,(H,24,25,26). The second-order valence-electron chi connectivity index (χ2n) is 7.89. The number of nitrogens with zero attached hydrogens (tertiary/aromatic N) is 2. The van der Waals surface area contributed by atoms with Crippen molar-refractivity contribution in [2.45, 2.75) is 58.3 Å². The van der Waals surface area contributed by atoms with Crippen LogP contribution in [0.1, 0.15) is 55.7 Å². The smallest absolute Gasteiger partial charge is 0.226 e. The number of oxazole rings is 1. The van der Waals surface area contributed by atoms with E-state index in [1.54, 1.807) is 0 Å². The highest BCUT2D eigenvalue weighted by Gasteiger charge is 2.19. The number of nitrogens with one attached hydrogen (secondary N) is 1. The fourth-order valence-corrected chi connectivity index (χ4v) is 3.59. The zero-order valence-corrected chi connectivity index (χ0v) is 17.5. The molecule has 3 aromatic rings. The van der Waals surface area contributed by atoms with Gasteiger partial charge in [-0.3, -0.25) is 4.79 Å². The molecule has 6 heteroatoms. The van der Waals surface area contributed by atoms with Gasteiger partial charge in [0.1, 0.15) is 5.76 Å². The highest BCUT2D eigenvalue weighted by atomic mass is 32.1. The molecular formula is C22H27N3O2S. The number of amides is 1. The zero-order chi connectivity index (χ0) is 20.0. The fourth-order valence-electron chi connectivity index (χ4n) is 2.76. The molecule has 0 aliphatic rings. The first-order valence-electron chi connectivity index (χ1n) is 9.64. The van der Waals surface area contributed by atoms with Gasteiger partial charge in [-0.1, -0.05) is 51.1 Å². The Morgan fingerprint density at radius 1 is 1.07 bits per heavy atom. The summed E-state index contributed by atoms with van der Waals surface area (Å²) in [6.45, 7) is 6.32. The summed E-state index contributed by atoms with van der Waals surface area (Å²) in [5.41, 5.74) is 1.22. The third-order valence-corrected chi connectivity index (χ3v) is 5.36. The number of rotatable bonds is 8. The molecule has 2 aromatic heterocycles. The number of carbonyl (C=O) groups excluding carboxylic acids is 1. The van der Waals surface area contributed by atoms with Crippen LogP contribution in [0, 0.1) is 0 Å². The monoisotopic (exact) mass is 397 g/mol. The van der Waals surface area contributed by atoms with Crippen LogP contribution in [0.2, 0.25) is 0 Å². The summed E-state index contributed by atoms with van der Waals surface area (Å²) in [6, 6.07) is 10.2. The Morgan fingerprint density at radius 2 is 1.86 bits per heavy atom. The molecule has 0 saturated heterocycles. The summed E-state index contributed by atoms with van der Waals surface area (Å²) in [7, 11) is 0. The molecule has 5 nitrogen and oxygen atoms in total. The Hall–Kier alpha value is -2.47. The second-order valence-corrected chi connectivity index (χ2v) is 9.00. The van der Waals surface area contributed by atoms with Gasteiger partial charge in [-0.2, -0.15) is 0 Å². The maximum absolute atomic E-state index is 12.1. The van der Waals surface area contributed by atoms with Crippen LogP contribution in [0.3, 0.4) is 0 Å². The van der Waals surface area contributed by atoms with Crippen molar-refractivity contribution in [3.8, 4) is 0 Å². The molecule has 2 heterocycles. The molecule has 148 valence electrons. The summed E-state index contributed by atoms with van der Waals surface area (Å²) in [4.78, 5) is 21.9. The first-order chi connectivity index (χ1) is 13.4. The lowest BCUT2D eigenvalue weighted by atomic mass is 9.94. The second kappa shape index (κ2) is 9.15. The van der Waals surface area contributed by atoms with Crippen molar-refractivity contribution in [3.05, 3.63) is 64.8 Å². The van der Waals surface area contributed by atoms with Gasteiger partial charge in [0, 0.05) is 29.3 Å². The predicted molar refractivity (Wildman–Crippen MR) is 113 cm³/mol. The predicted octanol–water partition coefficient (Wildman–Crippen LogP) is 5.18. The van der Waals surface area contributed by atoms with Crippen molar-refractivity contribution >= 4 is 22.4 Å². The summed E-state index contributed by atoms with van der Waals surface area (Å²) >= 11 is 1.51. The minimum Gasteiger partial charge on any atom is -0.445 e. The zero-order valence-electron chi connectivity index (χ0n) is 16.7. The number of aryl methyl sites for hydroxylation is 3. The average molecular weight is 398 g/mol. The number of carbonyl (C=O) groups is 1. The molecule has 1 aromatic carbocycles. The van der Waals surface area contributed by atoms with Crippen molar-refractivity contribution in [1.82, 2.24) is 9.97 Å². The molecule has 1 N–H and O–H groups in total. The van der Waals surface area contributed by atoms with E-state index in [1.807, 2.05) is 30.6 Å². The maximum Gasteiger partial charge on any atom is 0.226 e. The molecule has 0 aliphatic heterocycles. The van der Waals surface area contributed by atoms with Crippen LogP contribution in [0.15, 0.2) is 47.1 Å². The summed E-state index contributed by atoms with van der Waals surface area (Å²) in [5, 5.41) is 3.56. The number of thiazole rings is 1. The lowest BCUT2D eigenvalue weighted by molar-refractivity contribution is -0.116. The molecule has 3 rings (SSSR count). The van der Waals surface area contributed by atoms with E-state index in [4.69, 9.17) is 4.42 Å². The Labute approximate surface area is 170 Å². The highest BCUT2D eigenvalue weighted by Crippen LogP contribution is 2.24. The van der Waals surface area contributed by atoms with Gasteiger partial charge in [-0.05, 0) is 24.8 Å². The molecule has 0 bridgehead atoms. The molecular weight excluding hydrogens is 370 g/mol. The number of aromatic nitrogens is 2. The lowest BCUT2D eigenvalue weighted by Gasteiger charge is -2.12. The normalized spacial score (nSPS) is 11.5. The molecule has 28 heavy (non-hydrogen) atoms. The Balaban J connectivity index is 1.42. The van der Waals surface area contributed by atoms with Crippen LogP contribution in [0.25, 0.3) is 0 Å². The molecule has 0 fully saturated rings. The molecule has 0 saturated carbocycles. The Kier molecular flexibility index (Phi) is 6.62. The van der Waals surface area contributed by atoms with Crippen molar-refractivity contribution in [2.75, 3.05) is 5.32 Å². The van der Waals surface area contributed by atoms with E-state index >= 15 is 0 Å². The van der Waals surface area contributed by atoms with E-state index in [9.17, 15) is 4.79 Å². The molecule has 0 radical (unpaired) electrons. The largest absolute Gasteiger partial charge is 0.445 e. The van der Waals surface area contributed by atoms with Gasteiger partial charge in [-0.15, -0.1) is 11.3 Å². The van der Waals surface area contributed by atoms with Crippen molar-refractivity contribution < 1.29 is 9.21 Å². The number of benzene rings is 1. The number of hydrogen-bond donors (Lipinski definition) is 1. The first kappa shape index (κ1) is 20.3. The summed E-state index contributed by atoms with van der Waals surface area (Å²) in [6.07, 6.45) is 7.38. The van der Waals surface area contributed by atoms with Gasteiger partial charge in [0.25, 0.3) is 0 Å². The number of hydrogen-bond acceptors (Lipinski definition) is 5. The maximum atomic E-state index is 12.1. The average Bonchev–Trinajstić information content (AvgIpc) is 3.30. The van der Waals surface area contributed by atoms with Gasteiger partial charge >= 0.3 is 0 Å². The fraction of sp³-hybridized carbons (Fsp3) is 0.409. The van der Waals surface area contributed by atoms with E-state index in [0.29, 0.717) is 11.6 Å². The van der Waals surface area contributed by atoms with Crippen molar-refractivity contribution in [1.29, 1.82) is 0 Å². The van der Waals surface area contributed by atoms with Gasteiger partial charge in [0.2, 0.25) is 5.91 Å². The SMILES string of the molecule is CC(C)(C)c1cnc(CCc2cnc(NC(=O)CCCc3ccccc3)s2)o1. The summed E-state index contributed by atoms with van der Waals surface area (Å²) in [5.74, 6) is 1.65. The third kappa shape index (κ3) is 6.02. The van der Waals surface area contributed by atoms with Crippen LogP contribution in [0.5, 0.6) is 0 Å². The van der Waals surface area contributed by atoms with E-state index in [0.717, 1.165) is 42.2 Å². The Morgan fingerprint density at radius 3 is 2.57 bits per heavy atom. The van der Waals surface area contributed by atoms with Gasteiger partial charge < -0.3 is 9.73 Å². The van der Waals surface area contributed by atoms with Gasteiger partial charge in [-0.25, -0.2) is 9.97 Å². The van der Waals surface area contributed by atoms with Gasteiger partial charge in [0.15, 0.2) is 11.0 Å². The van der Waals surface area contributed by atoms with E-state index in [1.165, 1.54) is 16.9 Å². The minimum absolute atomic E-state index is 0.0133. The highest BCUT2D eigenvalue weighted by molar-refractivity contribution is 7.15. The van der Waals surface area contributed by atoms with Crippen molar-refractivity contribution in [3.63, 3.8) is 0 Å². The van der Waals surface area contributed by atoms with Crippen LogP contribution >= 0.6 is 11.3 Å². The molecule has 1 amide bonds. The van der Waals surface area contributed by atoms with Gasteiger partial charge in [0.05, 0.1) is 6.20 Å². The molecule has 0 atom stereocenters.